The molecule has 0 aliphatic heterocycles. The number of benzene rings is 2. The number of rotatable bonds is 4. The highest BCUT2D eigenvalue weighted by molar-refractivity contribution is 6.13. The Labute approximate surface area is 173 Å². The fraction of sp³-hybridized carbons (Fsp3) is 0.167. The second-order valence-electron chi connectivity index (χ2n) is 7.11. The van der Waals surface area contributed by atoms with Crippen molar-refractivity contribution in [1.29, 1.82) is 0 Å². The van der Waals surface area contributed by atoms with Crippen LogP contribution in [-0.4, -0.2) is 35.7 Å². The highest BCUT2D eigenvalue weighted by Crippen LogP contribution is 2.48. The minimum atomic E-state index is 0.533. The quantitative estimate of drug-likeness (QED) is 0.424. The summed E-state index contributed by atoms with van der Waals surface area (Å²) in [4.78, 5) is 9.90. The van der Waals surface area contributed by atoms with E-state index in [1.54, 1.807) is 21.3 Å². The molecule has 0 bridgehead atoms. The van der Waals surface area contributed by atoms with Gasteiger partial charge in [0, 0.05) is 17.1 Å². The van der Waals surface area contributed by atoms with E-state index < -0.39 is 0 Å². The Morgan fingerprint density at radius 3 is 2.30 bits per heavy atom. The summed E-state index contributed by atoms with van der Waals surface area (Å²) < 4.78 is 19.1. The second-order valence-corrected chi connectivity index (χ2v) is 7.11. The predicted octanol–water partition coefficient (Wildman–Crippen LogP) is 5.04. The normalized spacial score (nSPS) is 11.3. The number of aryl methyl sites for hydroxylation is 1. The van der Waals surface area contributed by atoms with E-state index in [-0.39, 0.29) is 0 Å². The van der Waals surface area contributed by atoms with Crippen LogP contribution >= 0.6 is 0 Å². The van der Waals surface area contributed by atoms with Crippen molar-refractivity contribution in [2.45, 2.75) is 6.92 Å². The van der Waals surface area contributed by atoms with E-state index in [1.807, 2.05) is 34.9 Å². The minimum absolute atomic E-state index is 0.533. The first-order chi connectivity index (χ1) is 14.7. The Morgan fingerprint density at radius 1 is 0.833 bits per heavy atom. The van der Waals surface area contributed by atoms with Crippen LogP contribution in [0.2, 0.25) is 0 Å². The first kappa shape index (κ1) is 18.2. The number of nitrogens with zero attached hydrogens (tertiary/aromatic N) is 3. The number of fused-ring (bicyclic) bond motifs is 5. The van der Waals surface area contributed by atoms with Gasteiger partial charge in [-0.25, -0.2) is 9.97 Å². The maximum atomic E-state index is 5.82. The predicted molar refractivity (Wildman–Crippen MR) is 118 cm³/mol. The molecule has 0 saturated carbocycles. The van der Waals surface area contributed by atoms with Crippen molar-refractivity contribution in [3.05, 3.63) is 60.3 Å². The van der Waals surface area contributed by atoms with Crippen LogP contribution in [0, 0.1) is 6.92 Å². The molecule has 6 nitrogen and oxygen atoms in total. The molecule has 0 amide bonds. The molecule has 30 heavy (non-hydrogen) atoms. The molecule has 0 N–H and O–H groups in total. The fourth-order valence-electron chi connectivity index (χ4n) is 3.93. The van der Waals surface area contributed by atoms with Gasteiger partial charge in [0.05, 0.1) is 32.4 Å². The lowest BCUT2D eigenvalue weighted by atomic mass is 10.0. The third-order valence-electron chi connectivity index (χ3n) is 5.37. The molecule has 5 aromatic rings. The summed E-state index contributed by atoms with van der Waals surface area (Å²) in [5.74, 6) is 1.70. The van der Waals surface area contributed by atoms with Gasteiger partial charge in [0.25, 0.3) is 0 Å². The van der Waals surface area contributed by atoms with E-state index in [0.717, 1.165) is 38.8 Å². The summed E-state index contributed by atoms with van der Waals surface area (Å²) in [7, 11) is 4.85. The smallest absolute Gasteiger partial charge is 0.204 e. The number of aromatic nitrogens is 3. The molecule has 0 spiro atoms. The van der Waals surface area contributed by atoms with Crippen LogP contribution in [0.1, 0.15) is 5.56 Å². The van der Waals surface area contributed by atoms with Gasteiger partial charge in [-0.3, -0.25) is 4.40 Å². The number of pyridine rings is 2. The summed E-state index contributed by atoms with van der Waals surface area (Å²) in [6.45, 7) is 2.07. The van der Waals surface area contributed by atoms with E-state index in [0.29, 0.717) is 17.2 Å². The molecule has 6 heteroatoms. The van der Waals surface area contributed by atoms with Gasteiger partial charge in [-0.2, -0.15) is 0 Å². The molecular formula is C24H21N3O3. The molecule has 0 aliphatic carbocycles. The standard InChI is InChI=1S/C24H21N3O3/c1-14-8-10-15(11-9-14)20-19-16(13-17(28-2)22(29-3)23(19)30-4)21-24(26-20)27-12-6-5-7-18(27)25-21/h5-13H,1-4H3. The van der Waals surface area contributed by atoms with E-state index in [2.05, 4.69) is 31.2 Å². The molecule has 150 valence electrons. The van der Waals surface area contributed by atoms with E-state index in [1.165, 1.54) is 5.56 Å². The average molecular weight is 399 g/mol. The lowest BCUT2D eigenvalue weighted by Crippen LogP contribution is -1.99. The Kier molecular flexibility index (Phi) is 4.20. The van der Waals surface area contributed by atoms with Crippen molar-refractivity contribution in [1.82, 2.24) is 14.4 Å². The van der Waals surface area contributed by atoms with Crippen molar-refractivity contribution < 1.29 is 14.2 Å². The highest BCUT2D eigenvalue weighted by Gasteiger charge is 2.24. The topological polar surface area (TPSA) is 57.9 Å². The molecule has 0 fully saturated rings. The first-order valence-electron chi connectivity index (χ1n) is 9.62. The molecule has 0 aliphatic rings. The van der Waals surface area contributed by atoms with Gasteiger partial charge < -0.3 is 14.2 Å². The van der Waals surface area contributed by atoms with Crippen LogP contribution in [0.5, 0.6) is 17.2 Å². The summed E-state index contributed by atoms with van der Waals surface area (Å²) in [5, 5.41) is 1.74. The Balaban J connectivity index is 2.04. The second kappa shape index (κ2) is 6.91. The van der Waals surface area contributed by atoms with Gasteiger partial charge in [0.15, 0.2) is 17.1 Å². The highest BCUT2D eigenvalue weighted by atomic mass is 16.5. The number of hydrogen-bond acceptors (Lipinski definition) is 5. The van der Waals surface area contributed by atoms with Gasteiger partial charge in [-0.15, -0.1) is 0 Å². The lowest BCUT2D eigenvalue weighted by Gasteiger charge is -2.17. The molecular weight excluding hydrogens is 378 g/mol. The van der Waals surface area contributed by atoms with Gasteiger partial charge in [-0.05, 0) is 25.1 Å². The third kappa shape index (κ3) is 2.57. The van der Waals surface area contributed by atoms with Crippen LogP contribution in [-0.2, 0) is 0 Å². The van der Waals surface area contributed by atoms with E-state index in [4.69, 9.17) is 24.2 Å². The monoisotopic (exact) mass is 399 g/mol. The fourth-order valence-corrected chi connectivity index (χ4v) is 3.93. The van der Waals surface area contributed by atoms with Crippen LogP contribution < -0.4 is 14.2 Å². The molecule has 0 atom stereocenters. The van der Waals surface area contributed by atoms with E-state index in [9.17, 15) is 0 Å². The van der Waals surface area contributed by atoms with E-state index >= 15 is 0 Å². The lowest BCUT2D eigenvalue weighted by molar-refractivity contribution is 0.327. The molecule has 0 saturated heterocycles. The van der Waals surface area contributed by atoms with Crippen molar-refractivity contribution in [3.63, 3.8) is 0 Å². The van der Waals surface area contributed by atoms with Gasteiger partial charge in [0.1, 0.15) is 11.2 Å². The number of ether oxygens (including phenoxy) is 3. The Bertz CT molecular complexity index is 1410. The summed E-state index contributed by atoms with van der Waals surface area (Å²) in [5.41, 5.74) is 5.38. The van der Waals surface area contributed by atoms with Crippen molar-refractivity contribution in [3.8, 4) is 28.5 Å². The minimum Gasteiger partial charge on any atom is -0.493 e. The van der Waals surface area contributed by atoms with Crippen LogP contribution in [0.3, 0.4) is 0 Å². The molecule has 3 aromatic heterocycles. The number of methoxy groups -OCH3 is 3. The summed E-state index contributed by atoms with van der Waals surface area (Å²) in [6, 6.07) is 16.2. The van der Waals surface area contributed by atoms with Crippen molar-refractivity contribution >= 4 is 27.6 Å². The van der Waals surface area contributed by atoms with Crippen molar-refractivity contribution in [2.75, 3.05) is 21.3 Å². The van der Waals surface area contributed by atoms with Crippen molar-refractivity contribution in [2.24, 2.45) is 0 Å². The maximum Gasteiger partial charge on any atom is 0.204 e. The van der Waals surface area contributed by atoms with Crippen LogP contribution in [0.4, 0.5) is 0 Å². The summed E-state index contributed by atoms with van der Waals surface area (Å²) >= 11 is 0. The van der Waals surface area contributed by atoms with Crippen LogP contribution in [0.25, 0.3) is 38.8 Å². The molecule has 2 aromatic carbocycles. The Hall–Kier alpha value is -3.80. The molecule has 0 unspecified atom stereocenters. The largest absolute Gasteiger partial charge is 0.493 e. The zero-order valence-corrected chi connectivity index (χ0v) is 17.3. The maximum absolute atomic E-state index is 5.82. The molecule has 0 radical (unpaired) electrons. The van der Waals surface area contributed by atoms with Gasteiger partial charge >= 0.3 is 0 Å². The van der Waals surface area contributed by atoms with Crippen LogP contribution in [0.15, 0.2) is 54.7 Å². The zero-order chi connectivity index (χ0) is 20.8. The first-order valence-corrected chi connectivity index (χ1v) is 9.62. The molecule has 5 rings (SSSR count). The Morgan fingerprint density at radius 2 is 1.60 bits per heavy atom. The summed E-state index contributed by atoms with van der Waals surface area (Å²) in [6.07, 6.45) is 1.97. The SMILES string of the molecule is COc1cc2c(c(-c3ccc(C)cc3)nc3c2nc2ccccn23)c(OC)c1OC. The zero-order valence-electron chi connectivity index (χ0n) is 17.3. The van der Waals surface area contributed by atoms with Gasteiger partial charge in [0.2, 0.25) is 5.75 Å². The average Bonchev–Trinajstić information content (AvgIpc) is 3.16. The van der Waals surface area contributed by atoms with Gasteiger partial charge in [-0.1, -0.05) is 35.9 Å². The number of hydrogen-bond donors (Lipinski definition) is 0. The molecule has 3 heterocycles. The third-order valence-corrected chi connectivity index (χ3v) is 5.37. The number of imidazole rings is 1.